The van der Waals surface area contributed by atoms with Crippen molar-refractivity contribution in [3.63, 3.8) is 0 Å². The maximum absolute atomic E-state index is 11.6. The van der Waals surface area contributed by atoms with E-state index >= 15 is 0 Å². The minimum atomic E-state index is -0.248. The largest absolute Gasteiger partial charge is 0.347 e. The Hall–Kier alpha value is -1.72. The predicted octanol–water partition coefficient (Wildman–Crippen LogP) is 1.88. The van der Waals surface area contributed by atoms with Crippen LogP contribution in [0.25, 0.3) is 0 Å². The van der Waals surface area contributed by atoms with Gasteiger partial charge in [-0.25, -0.2) is 15.0 Å². The molecule has 0 spiro atoms. The number of nitrogens with zero attached hydrogens (tertiary/aromatic N) is 3. The summed E-state index contributed by atoms with van der Waals surface area (Å²) >= 11 is 5.65. The highest BCUT2D eigenvalue weighted by atomic mass is 35.5. The highest BCUT2D eigenvalue weighted by molar-refractivity contribution is 6.29. The Morgan fingerprint density at radius 3 is 2.72 bits per heavy atom. The van der Waals surface area contributed by atoms with Crippen molar-refractivity contribution >= 4 is 29.9 Å². The maximum atomic E-state index is 11.6. The lowest BCUT2D eigenvalue weighted by Crippen LogP contribution is -2.23. The van der Waals surface area contributed by atoms with Crippen LogP contribution in [0, 0.1) is 0 Å². The Morgan fingerprint density at radius 1 is 1.28 bits per heavy atom. The molecule has 0 aromatic carbocycles. The van der Waals surface area contributed by atoms with Gasteiger partial charge < -0.3 is 5.32 Å². The first kappa shape index (κ1) is 14.3. The molecule has 0 fully saturated rings. The number of aromatic nitrogens is 3. The summed E-state index contributed by atoms with van der Waals surface area (Å²) in [5, 5.41) is 3.15. The van der Waals surface area contributed by atoms with Crippen molar-refractivity contribution in [2.24, 2.45) is 0 Å². The average Bonchev–Trinajstić information content (AvgIpc) is 2.39. The average molecular weight is 285 g/mol. The van der Waals surface area contributed by atoms with E-state index in [0.29, 0.717) is 17.4 Å². The molecule has 0 saturated heterocycles. The molecule has 0 saturated carbocycles. The minimum absolute atomic E-state index is 0. The fourth-order valence-electron chi connectivity index (χ4n) is 1.21. The number of carbonyl (C=O) groups excluding carboxylic acids is 1. The molecule has 18 heavy (non-hydrogen) atoms. The molecular formula is C11H10Cl2N4O. The summed E-state index contributed by atoms with van der Waals surface area (Å²) in [6.07, 6.45) is 4.47. The van der Waals surface area contributed by atoms with E-state index in [4.69, 9.17) is 11.6 Å². The summed E-state index contributed by atoms with van der Waals surface area (Å²) in [4.78, 5) is 23.1. The molecule has 2 aromatic rings. The number of amides is 1. The van der Waals surface area contributed by atoms with Crippen LogP contribution in [0.5, 0.6) is 0 Å². The van der Waals surface area contributed by atoms with Crippen LogP contribution < -0.4 is 5.32 Å². The van der Waals surface area contributed by atoms with Gasteiger partial charge in [0.15, 0.2) is 0 Å². The lowest BCUT2D eigenvalue weighted by molar-refractivity contribution is 0.0945. The van der Waals surface area contributed by atoms with Crippen LogP contribution in [0.4, 0.5) is 0 Å². The van der Waals surface area contributed by atoms with Gasteiger partial charge in [0, 0.05) is 18.9 Å². The second-order valence-corrected chi connectivity index (χ2v) is 3.65. The normalized spacial score (nSPS) is 9.39. The third-order valence-corrected chi connectivity index (χ3v) is 2.28. The minimum Gasteiger partial charge on any atom is -0.347 e. The second kappa shape index (κ2) is 6.88. The number of hydrogen-bond acceptors (Lipinski definition) is 4. The van der Waals surface area contributed by atoms with E-state index in [0.717, 1.165) is 5.56 Å². The number of nitrogens with one attached hydrogen (secondary N) is 1. The van der Waals surface area contributed by atoms with Gasteiger partial charge in [-0.2, -0.15) is 0 Å². The van der Waals surface area contributed by atoms with Crippen molar-refractivity contribution in [2.75, 3.05) is 0 Å². The first-order chi connectivity index (χ1) is 8.25. The zero-order valence-electron chi connectivity index (χ0n) is 9.21. The van der Waals surface area contributed by atoms with Gasteiger partial charge in [-0.3, -0.25) is 4.79 Å². The van der Waals surface area contributed by atoms with Gasteiger partial charge in [0.1, 0.15) is 17.2 Å². The molecule has 0 unspecified atom stereocenters. The first-order valence-corrected chi connectivity index (χ1v) is 5.28. The summed E-state index contributed by atoms with van der Waals surface area (Å²) in [6, 6.07) is 5.03. The smallest absolute Gasteiger partial charge is 0.270 e. The van der Waals surface area contributed by atoms with Gasteiger partial charge in [0.05, 0.1) is 0 Å². The lowest BCUT2D eigenvalue weighted by atomic mass is 10.3. The molecule has 0 aliphatic heterocycles. The van der Waals surface area contributed by atoms with E-state index in [-0.39, 0.29) is 18.3 Å². The number of halogens is 2. The van der Waals surface area contributed by atoms with Gasteiger partial charge in [0.25, 0.3) is 5.91 Å². The van der Waals surface area contributed by atoms with Gasteiger partial charge in [-0.15, -0.1) is 12.4 Å². The third kappa shape index (κ3) is 3.94. The van der Waals surface area contributed by atoms with Crippen LogP contribution >= 0.6 is 24.0 Å². The Kier molecular flexibility index (Phi) is 5.48. The van der Waals surface area contributed by atoms with E-state index < -0.39 is 0 Å². The highest BCUT2D eigenvalue weighted by Gasteiger charge is 2.05. The molecule has 0 bridgehead atoms. The second-order valence-electron chi connectivity index (χ2n) is 3.27. The van der Waals surface area contributed by atoms with E-state index in [2.05, 4.69) is 20.3 Å². The third-order valence-electron chi connectivity index (χ3n) is 2.06. The standard InChI is InChI=1S/C11H9ClN4O.ClH/c12-10-2-1-8(5-14-10)6-15-11(17)9-3-4-13-7-16-9;/h1-5,7H,6H2,(H,15,17);1H. The van der Waals surface area contributed by atoms with Crippen molar-refractivity contribution < 1.29 is 4.79 Å². The molecule has 5 nitrogen and oxygen atoms in total. The van der Waals surface area contributed by atoms with Crippen LogP contribution in [0.1, 0.15) is 16.1 Å². The van der Waals surface area contributed by atoms with Gasteiger partial charge in [-0.05, 0) is 17.7 Å². The molecule has 2 aromatic heterocycles. The van der Waals surface area contributed by atoms with Crippen LogP contribution in [0.2, 0.25) is 5.15 Å². The molecule has 0 aliphatic carbocycles. The predicted molar refractivity (Wildman–Crippen MR) is 69.7 cm³/mol. The monoisotopic (exact) mass is 284 g/mol. The fourth-order valence-corrected chi connectivity index (χ4v) is 1.32. The first-order valence-electron chi connectivity index (χ1n) is 4.90. The zero-order chi connectivity index (χ0) is 12.1. The molecule has 7 heteroatoms. The van der Waals surface area contributed by atoms with E-state index in [1.165, 1.54) is 12.5 Å². The molecule has 94 valence electrons. The topological polar surface area (TPSA) is 67.8 Å². The van der Waals surface area contributed by atoms with E-state index in [1.807, 2.05) is 0 Å². The van der Waals surface area contributed by atoms with Crippen LogP contribution in [0.3, 0.4) is 0 Å². The quantitative estimate of drug-likeness (QED) is 0.874. The van der Waals surface area contributed by atoms with Crippen LogP contribution in [0.15, 0.2) is 36.9 Å². The molecule has 0 aliphatic rings. The summed E-state index contributed by atoms with van der Waals surface area (Å²) in [6.45, 7) is 0.382. The van der Waals surface area contributed by atoms with Crippen molar-refractivity contribution in [1.82, 2.24) is 20.3 Å². The zero-order valence-corrected chi connectivity index (χ0v) is 10.8. The van der Waals surface area contributed by atoms with Crippen molar-refractivity contribution in [1.29, 1.82) is 0 Å². The SMILES string of the molecule is Cl.O=C(NCc1ccc(Cl)nc1)c1ccncn1. The Bertz CT molecular complexity index is 504. The highest BCUT2D eigenvalue weighted by Crippen LogP contribution is 2.05. The number of pyridine rings is 1. The molecule has 1 N–H and O–H groups in total. The summed E-state index contributed by atoms with van der Waals surface area (Å²) in [5.74, 6) is -0.248. The van der Waals surface area contributed by atoms with Crippen LogP contribution in [-0.2, 0) is 6.54 Å². The van der Waals surface area contributed by atoms with Crippen molar-refractivity contribution in [3.8, 4) is 0 Å². The molecule has 0 atom stereocenters. The Labute approximate surface area is 115 Å². The number of rotatable bonds is 3. The molecule has 2 heterocycles. The number of hydrogen-bond donors (Lipinski definition) is 1. The molecule has 0 radical (unpaired) electrons. The van der Waals surface area contributed by atoms with Gasteiger partial charge >= 0.3 is 0 Å². The Balaban J connectivity index is 0.00000162. The van der Waals surface area contributed by atoms with Crippen molar-refractivity contribution in [2.45, 2.75) is 6.54 Å². The fraction of sp³-hybridized carbons (Fsp3) is 0.0909. The lowest BCUT2D eigenvalue weighted by Gasteiger charge is -2.04. The molecule has 2 rings (SSSR count). The number of carbonyl (C=O) groups is 1. The van der Waals surface area contributed by atoms with Crippen molar-refractivity contribution in [3.05, 3.63) is 53.3 Å². The van der Waals surface area contributed by atoms with Gasteiger partial charge in [0.2, 0.25) is 0 Å². The van der Waals surface area contributed by atoms with Crippen LogP contribution in [-0.4, -0.2) is 20.9 Å². The van der Waals surface area contributed by atoms with Gasteiger partial charge in [-0.1, -0.05) is 17.7 Å². The summed E-state index contributed by atoms with van der Waals surface area (Å²) in [5.41, 5.74) is 1.21. The summed E-state index contributed by atoms with van der Waals surface area (Å²) in [7, 11) is 0. The molecular weight excluding hydrogens is 275 g/mol. The maximum Gasteiger partial charge on any atom is 0.270 e. The summed E-state index contributed by atoms with van der Waals surface area (Å²) < 4.78 is 0. The van der Waals surface area contributed by atoms with E-state index in [1.54, 1.807) is 24.4 Å². The molecule has 1 amide bonds. The van der Waals surface area contributed by atoms with E-state index in [9.17, 15) is 4.79 Å². The Morgan fingerprint density at radius 2 is 2.11 bits per heavy atom.